The zero-order valence-electron chi connectivity index (χ0n) is 17.0. The molecule has 1 heterocycles. The van der Waals surface area contributed by atoms with E-state index >= 15 is 0 Å². The molecule has 0 radical (unpaired) electrons. The third-order valence-corrected chi connectivity index (χ3v) is 5.69. The highest BCUT2D eigenvalue weighted by Crippen LogP contribution is 2.28. The molecule has 1 saturated carbocycles. The molecule has 0 aliphatic heterocycles. The molecule has 168 valence electrons. The van der Waals surface area contributed by atoms with Crippen LogP contribution in [0.4, 0.5) is 18.9 Å². The molecular formula is C23H21ClF3N3O2. The highest BCUT2D eigenvalue weighted by atomic mass is 35.5. The molecule has 1 amide bonds. The Labute approximate surface area is 187 Å². The van der Waals surface area contributed by atoms with Crippen molar-refractivity contribution in [1.29, 1.82) is 0 Å². The SMILES string of the molecule is O=C(NC1CCC(Nc2ccnc3cc(Cl)ccc23)CC1)c1cccc(OC(F)(F)F)c1. The van der Waals surface area contributed by atoms with Crippen molar-refractivity contribution < 1.29 is 22.7 Å². The predicted octanol–water partition coefficient (Wildman–Crippen LogP) is 5.94. The van der Waals surface area contributed by atoms with Gasteiger partial charge in [0.2, 0.25) is 0 Å². The summed E-state index contributed by atoms with van der Waals surface area (Å²) in [7, 11) is 0. The topological polar surface area (TPSA) is 63.2 Å². The standard InChI is InChI=1S/C23H21ClF3N3O2/c24-15-4-9-19-20(10-11-28-21(19)13-15)29-16-5-7-17(8-6-16)30-22(31)14-2-1-3-18(12-14)32-23(25,26)27/h1-4,9-13,16-17H,5-8H2,(H,28,29)(H,30,31). The van der Waals surface area contributed by atoms with E-state index in [1.54, 1.807) is 6.20 Å². The third-order valence-electron chi connectivity index (χ3n) is 5.46. The summed E-state index contributed by atoms with van der Waals surface area (Å²) in [5.41, 5.74) is 1.94. The van der Waals surface area contributed by atoms with Gasteiger partial charge in [0.1, 0.15) is 5.75 Å². The maximum absolute atomic E-state index is 12.5. The van der Waals surface area contributed by atoms with Crippen LogP contribution < -0.4 is 15.4 Å². The Morgan fingerprint density at radius 2 is 1.78 bits per heavy atom. The van der Waals surface area contributed by atoms with Crippen LogP contribution in [0.1, 0.15) is 36.0 Å². The summed E-state index contributed by atoms with van der Waals surface area (Å²) >= 11 is 6.05. The molecule has 2 aromatic carbocycles. The summed E-state index contributed by atoms with van der Waals surface area (Å²) in [5.74, 6) is -0.824. The fourth-order valence-corrected chi connectivity index (χ4v) is 4.12. The Balaban J connectivity index is 1.33. The molecule has 0 spiro atoms. The first-order valence-electron chi connectivity index (χ1n) is 10.2. The number of aromatic nitrogens is 1. The maximum atomic E-state index is 12.5. The molecule has 2 N–H and O–H groups in total. The van der Waals surface area contributed by atoms with Crippen molar-refractivity contribution >= 4 is 34.1 Å². The minimum atomic E-state index is -4.80. The summed E-state index contributed by atoms with van der Waals surface area (Å²) in [6.45, 7) is 0. The number of pyridine rings is 1. The van der Waals surface area contributed by atoms with Crippen LogP contribution in [-0.2, 0) is 0 Å². The number of benzene rings is 2. The summed E-state index contributed by atoms with van der Waals surface area (Å²) in [6, 6.07) is 12.8. The van der Waals surface area contributed by atoms with E-state index in [2.05, 4.69) is 20.4 Å². The molecule has 0 bridgehead atoms. The first-order chi connectivity index (χ1) is 15.3. The zero-order valence-corrected chi connectivity index (χ0v) is 17.7. The fourth-order valence-electron chi connectivity index (χ4n) is 3.95. The highest BCUT2D eigenvalue weighted by Gasteiger charge is 2.31. The van der Waals surface area contributed by atoms with E-state index in [0.717, 1.165) is 54.4 Å². The second-order valence-electron chi connectivity index (χ2n) is 7.76. The van der Waals surface area contributed by atoms with Gasteiger partial charge in [0, 0.05) is 39.9 Å². The van der Waals surface area contributed by atoms with Gasteiger partial charge in [-0.1, -0.05) is 17.7 Å². The number of anilines is 1. The number of alkyl halides is 3. The second kappa shape index (κ2) is 9.24. The highest BCUT2D eigenvalue weighted by molar-refractivity contribution is 6.31. The molecule has 5 nitrogen and oxygen atoms in total. The van der Waals surface area contributed by atoms with Crippen molar-refractivity contribution in [1.82, 2.24) is 10.3 Å². The van der Waals surface area contributed by atoms with Crippen LogP contribution in [0.2, 0.25) is 5.02 Å². The van der Waals surface area contributed by atoms with E-state index in [-0.39, 0.29) is 17.6 Å². The Bertz CT molecular complexity index is 1120. The van der Waals surface area contributed by atoms with Gasteiger partial charge in [0.15, 0.2) is 0 Å². The number of nitrogens with zero attached hydrogens (tertiary/aromatic N) is 1. The maximum Gasteiger partial charge on any atom is 0.573 e. The number of ether oxygens (including phenoxy) is 1. The summed E-state index contributed by atoms with van der Waals surface area (Å²) in [6.07, 6.45) is 0.156. The van der Waals surface area contributed by atoms with E-state index in [4.69, 9.17) is 11.6 Å². The lowest BCUT2D eigenvalue weighted by Gasteiger charge is -2.30. The average molecular weight is 464 g/mol. The predicted molar refractivity (Wildman–Crippen MR) is 117 cm³/mol. The summed E-state index contributed by atoms with van der Waals surface area (Å²) in [5, 5.41) is 8.10. The van der Waals surface area contributed by atoms with Gasteiger partial charge < -0.3 is 15.4 Å². The number of rotatable bonds is 5. The lowest BCUT2D eigenvalue weighted by Crippen LogP contribution is -2.40. The molecule has 1 aromatic heterocycles. The molecule has 1 fully saturated rings. The molecule has 4 rings (SSSR count). The molecule has 0 unspecified atom stereocenters. The minimum Gasteiger partial charge on any atom is -0.406 e. The van der Waals surface area contributed by atoms with Crippen LogP contribution in [0.25, 0.3) is 10.9 Å². The van der Waals surface area contributed by atoms with Crippen molar-refractivity contribution in [3.05, 3.63) is 65.3 Å². The van der Waals surface area contributed by atoms with Crippen LogP contribution in [0, 0.1) is 0 Å². The fraction of sp³-hybridized carbons (Fsp3) is 0.304. The van der Waals surface area contributed by atoms with Crippen molar-refractivity contribution in [2.75, 3.05) is 5.32 Å². The molecule has 1 aliphatic carbocycles. The number of halogens is 4. The normalized spacial score (nSPS) is 18.9. The Morgan fingerprint density at radius 3 is 2.53 bits per heavy atom. The number of hydrogen-bond donors (Lipinski definition) is 2. The van der Waals surface area contributed by atoms with Gasteiger partial charge in [0.05, 0.1) is 5.52 Å². The smallest absolute Gasteiger partial charge is 0.406 e. The van der Waals surface area contributed by atoms with Gasteiger partial charge in [-0.25, -0.2) is 0 Å². The third kappa shape index (κ3) is 5.62. The van der Waals surface area contributed by atoms with Gasteiger partial charge in [0.25, 0.3) is 5.91 Å². The largest absolute Gasteiger partial charge is 0.573 e. The lowest BCUT2D eigenvalue weighted by atomic mass is 9.90. The van der Waals surface area contributed by atoms with Gasteiger partial charge in [-0.3, -0.25) is 9.78 Å². The van der Waals surface area contributed by atoms with Crippen molar-refractivity contribution in [3.8, 4) is 5.75 Å². The first-order valence-corrected chi connectivity index (χ1v) is 10.6. The quantitative estimate of drug-likeness (QED) is 0.491. The number of carbonyl (C=O) groups excluding carboxylic acids is 1. The van der Waals surface area contributed by atoms with E-state index < -0.39 is 18.0 Å². The van der Waals surface area contributed by atoms with Crippen LogP contribution in [-0.4, -0.2) is 29.3 Å². The first kappa shape index (κ1) is 22.2. The van der Waals surface area contributed by atoms with Crippen LogP contribution >= 0.6 is 11.6 Å². The number of nitrogens with one attached hydrogen (secondary N) is 2. The van der Waals surface area contributed by atoms with Gasteiger partial charge in [-0.15, -0.1) is 13.2 Å². The van der Waals surface area contributed by atoms with E-state index in [9.17, 15) is 18.0 Å². The number of amides is 1. The molecule has 1 aliphatic rings. The monoisotopic (exact) mass is 463 g/mol. The number of carbonyl (C=O) groups is 1. The van der Waals surface area contributed by atoms with Crippen molar-refractivity contribution in [2.24, 2.45) is 0 Å². The zero-order chi connectivity index (χ0) is 22.7. The van der Waals surface area contributed by atoms with E-state index in [1.165, 1.54) is 12.1 Å². The van der Waals surface area contributed by atoms with Crippen LogP contribution in [0.5, 0.6) is 5.75 Å². The van der Waals surface area contributed by atoms with Gasteiger partial charge in [-0.2, -0.15) is 0 Å². The molecule has 32 heavy (non-hydrogen) atoms. The number of fused-ring (bicyclic) bond motifs is 1. The Hall–Kier alpha value is -3.00. The van der Waals surface area contributed by atoms with Crippen LogP contribution in [0.15, 0.2) is 54.7 Å². The summed E-state index contributed by atoms with van der Waals surface area (Å²) in [4.78, 5) is 16.8. The van der Waals surface area contributed by atoms with Crippen molar-refractivity contribution in [3.63, 3.8) is 0 Å². The van der Waals surface area contributed by atoms with Gasteiger partial charge in [-0.05, 0) is 68.1 Å². The molecule has 9 heteroatoms. The molecule has 3 aromatic rings. The lowest BCUT2D eigenvalue weighted by molar-refractivity contribution is -0.274. The van der Waals surface area contributed by atoms with E-state index in [0.29, 0.717) is 5.02 Å². The Kier molecular flexibility index (Phi) is 6.41. The average Bonchev–Trinajstić information content (AvgIpc) is 2.74. The molecular weight excluding hydrogens is 443 g/mol. The Morgan fingerprint density at radius 1 is 1.03 bits per heavy atom. The second-order valence-corrected chi connectivity index (χ2v) is 8.20. The van der Waals surface area contributed by atoms with E-state index in [1.807, 2.05) is 24.3 Å². The van der Waals surface area contributed by atoms with Crippen LogP contribution in [0.3, 0.4) is 0 Å². The minimum absolute atomic E-state index is 0.0410. The summed E-state index contributed by atoms with van der Waals surface area (Å²) < 4.78 is 41.1. The molecule has 0 atom stereocenters. The van der Waals surface area contributed by atoms with Gasteiger partial charge >= 0.3 is 6.36 Å². The molecule has 0 saturated heterocycles. The van der Waals surface area contributed by atoms with Crippen molar-refractivity contribution in [2.45, 2.75) is 44.1 Å². The number of hydrogen-bond acceptors (Lipinski definition) is 4.